The molecule has 0 atom stereocenters. The summed E-state index contributed by atoms with van der Waals surface area (Å²) in [6, 6.07) is 9.59. The first-order valence-electron chi connectivity index (χ1n) is 7.66. The van der Waals surface area contributed by atoms with Crippen LogP contribution in [0.1, 0.15) is 17.7 Å². The van der Waals surface area contributed by atoms with Gasteiger partial charge in [-0.25, -0.2) is 0 Å². The van der Waals surface area contributed by atoms with E-state index in [1.165, 1.54) is 0 Å². The van der Waals surface area contributed by atoms with Gasteiger partial charge in [0.05, 0.1) is 0 Å². The second-order valence-corrected chi connectivity index (χ2v) is 5.51. The Labute approximate surface area is 138 Å². The molecule has 3 N–H and O–H groups in total. The van der Waals surface area contributed by atoms with Gasteiger partial charge in [0.25, 0.3) is 0 Å². The molecule has 3 aromatic rings. The number of benzene rings is 1. The number of hydrogen-bond donors (Lipinski definition) is 3. The van der Waals surface area contributed by atoms with Gasteiger partial charge in [-0.15, -0.1) is 0 Å². The molecule has 2 aromatic heterocycles. The highest BCUT2D eigenvalue weighted by Crippen LogP contribution is 2.17. The number of para-hydroxylation sites is 1. The van der Waals surface area contributed by atoms with Crippen molar-refractivity contribution in [3.05, 3.63) is 47.9 Å². The van der Waals surface area contributed by atoms with Crippen molar-refractivity contribution in [2.24, 2.45) is 0 Å². The summed E-state index contributed by atoms with van der Waals surface area (Å²) < 4.78 is 4.84. The molecule has 0 spiro atoms. The lowest BCUT2D eigenvalue weighted by molar-refractivity contribution is -0.126. The van der Waals surface area contributed by atoms with Crippen molar-refractivity contribution in [3.8, 4) is 0 Å². The van der Waals surface area contributed by atoms with Gasteiger partial charge in [-0.1, -0.05) is 23.4 Å². The molecule has 0 saturated carbocycles. The number of carbonyl (C=O) groups excluding carboxylic acids is 2. The van der Waals surface area contributed by atoms with Crippen LogP contribution in [0, 0.1) is 6.92 Å². The van der Waals surface area contributed by atoms with Gasteiger partial charge in [0.1, 0.15) is 12.2 Å². The first kappa shape index (κ1) is 15.8. The Morgan fingerprint density at radius 1 is 1.25 bits per heavy atom. The highest BCUT2D eigenvalue weighted by molar-refractivity contribution is 6.03. The topological polar surface area (TPSA) is 100 Å². The highest BCUT2D eigenvalue weighted by atomic mass is 16.5. The van der Waals surface area contributed by atoms with Gasteiger partial charge in [0, 0.05) is 29.7 Å². The number of aromatic amines is 1. The molecule has 0 aliphatic heterocycles. The molecule has 24 heavy (non-hydrogen) atoms. The maximum absolute atomic E-state index is 11.8. The van der Waals surface area contributed by atoms with Crippen LogP contribution >= 0.6 is 0 Å². The van der Waals surface area contributed by atoms with E-state index in [-0.39, 0.29) is 12.3 Å². The van der Waals surface area contributed by atoms with Crippen LogP contribution in [0.2, 0.25) is 0 Å². The number of H-pyrrole nitrogens is 1. The molecular formula is C17H18N4O3. The number of fused-ring (bicyclic) bond motifs is 1. The van der Waals surface area contributed by atoms with E-state index in [4.69, 9.17) is 4.52 Å². The van der Waals surface area contributed by atoms with Crippen LogP contribution in [0.4, 0.5) is 5.82 Å². The van der Waals surface area contributed by atoms with Gasteiger partial charge in [-0.3, -0.25) is 9.59 Å². The van der Waals surface area contributed by atoms with E-state index in [2.05, 4.69) is 20.8 Å². The average Bonchev–Trinajstić information content (AvgIpc) is 3.14. The molecule has 0 radical (unpaired) electrons. The van der Waals surface area contributed by atoms with Crippen LogP contribution in [-0.2, 0) is 16.0 Å². The summed E-state index contributed by atoms with van der Waals surface area (Å²) in [7, 11) is 0. The zero-order valence-electron chi connectivity index (χ0n) is 13.3. The van der Waals surface area contributed by atoms with E-state index in [0.29, 0.717) is 24.5 Å². The Kier molecular flexibility index (Phi) is 4.60. The van der Waals surface area contributed by atoms with E-state index >= 15 is 0 Å². The average molecular weight is 326 g/mol. The molecule has 0 saturated heterocycles. The highest BCUT2D eigenvalue weighted by Gasteiger charge is 2.11. The third-order valence-electron chi connectivity index (χ3n) is 3.61. The molecule has 0 unspecified atom stereocenters. The van der Waals surface area contributed by atoms with E-state index < -0.39 is 5.91 Å². The lowest BCUT2D eigenvalue weighted by atomic mass is 10.1. The van der Waals surface area contributed by atoms with Crippen molar-refractivity contribution in [2.45, 2.75) is 19.8 Å². The van der Waals surface area contributed by atoms with Crippen LogP contribution in [-0.4, -0.2) is 28.5 Å². The smallest absolute Gasteiger partial charge is 0.235 e. The number of aromatic nitrogens is 2. The Hall–Kier alpha value is -3.09. The molecule has 124 valence electrons. The molecule has 0 aliphatic rings. The Balaban J connectivity index is 1.44. The minimum Gasteiger partial charge on any atom is -0.361 e. The van der Waals surface area contributed by atoms with E-state index in [1.54, 1.807) is 13.0 Å². The Morgan fingerprint density at radius 3 is 2.88 bits per heavy atom. The van der Waals surface area contributed by atoms with Gasteiger partial charge < -0.3 is 20.1 Å². The minimum absolute atomic E-state index is 0.250. The largest absolute Gasteiger partial charge is 0.361 e. The maximum Gasteiger partial charge on any atom is 0.235 e. The fourth-order valence-electron chi connectivity index (χ4n) is 2.50. The summed E-state index contributed by atoms with van der Waals surface area (Å²) in [5.74, 6) is 0.151. The number of aryl methyl sites for hydroxylation is 1. The normalized spacial score (nSPS) is 10.7. The zero-order valence-corrected chi connectivity index (χ0v) is 13.3. The molecule has 0 bridgehead atoms. The molecule has 7 heteroatoms. The summed E-state index contributed by atoms with van der Waals surface area (Å²) in [6.07, 6.45) is 2.39. The first-order chi connectivity index (χ1) is 11.6. The van der Waals surface area contributed by atoms with Crippen molar-refractivity contribution in [1.82, 2.24) is 15.5 Å². The fraction of sp³-hybridized carbons (Fsp3) is 0.235. The fourth-order valence-corrected chi connectivity index (χ4v) is 2.50. The zero-order chi connectivity index (χ0) is 16.9. The van der Waals surface area contributed by atoms with Gasteiger partial charge in [-0.2, -0.15) is 0 Å². The van der Waals surface area contributed by atoms with E-state index in [9.17, 15) is 9.59 Å². The predicted octanol–water partition coefficient (Wildman–Crippen LogP) is 2.15. The monoisotopic (exact) mass is 326 g/mol. The van der Waals surface area contributed by atoms with Crippen molar-refractivity contribution in [1.29, 1.82) is 0 Å². The van der Waals surface area contributed by atoms with Crippen molar-refractivity contribution < 1.29 is 14.1 Å². The quantitative estimate of drug-likeness (QED) is 0.604. The maximum atomic E-state index is 11.8. The number of nitrogens with zero attached hydrogens (tertiary/aromatic N) is 1. The summed E-state index contributed by atoms with van der Waals surface area (Å²) in [6.45, 7) is 2.19. The number of carbonyl (C=O) groups is 2. The lowest BCUT2D eigenvalue weighted by Gasteiger charge is -2.05. The number of anilines is 1. The summed E-state index contributed by atoms with van der Waals surface area (Å²) in [5, 5.41) is 10.1. The molecule has 1 aromatic carbocycles. The van der Waals surface area contributed by atoms with Crippen molar-refractivity contribution in [3.63, 3.8) is 0 Å². The third kappa shape index (κ3) is 3.81. The van der Waals surface area contributed by atoms with Gasteiger partial charge in [0.2, 0.25) is 11.8 Å². The summed E-state index contributed by atoms with van der Waals surface area (Å²) in [4.78, 5) is 26.8. The van der Waals surface area contributed by atoms with Crippen LogP contribution in [0.25, 0.3) is 10.9 Å². The van der Waals surface area contributed by atoms with Crippen molar-refractivity contribution in [2.75, 3.05) is 11.9 Å². The molecule has 0 fully saturated rings. The van der Waals surface area contributed by atoms with Crippen LogP contribution in [0.5, 0.6) is 0 Å². The molecule has 2 amide bonds. The number of amides is 2. The van der Waals surface area contributed by atoms with Crippen LogP contribution in [0.3, 0.4) is 0 Å². The Morgan fingerprint density at radius 2 is 2.08 bits per heavy atom. The molecule has 2 heterocycles. The van der Waals surface area contributed by atoms with E-state index in [0.717, 1.165) is 16.5 Å². The second kappa shape index (κ2) is 6.99. The second-order valence-electron chi connectivity index (χ2n) is 5.51. The van der Waals surface area contributed by atoms with Gasteiger partial charge in [0.15, 0.2) is 5.82 Å². The van der Waals surface area contributed by atoms with Crippen molar-refractivity contribution >= 4 is 28.5 Å². The molecule has 0 aliphatic carbocycles. The Bertz CT molecular complexity index is 865. The molecule has 7 nitrogen and oxygen atoms in total. The van der Waals surface area contributed by atoms with Gasteiger partial charge in [-0.05, 0) is 25.0 Å². The van der Waals surface area contributed by atoms with E-state index in [1.807, 2.05) is 30.5 Å². The standard InChI is InChI=1S/C17H18N4O3/c1-11-8-15(21-24-11)20-17(23)9-16(22)18-7-6-12-10-19-14-5-3-2-4-13(12)14/h2-5,8,10,19H,6-7,9H2,1H3,(H,18,22)(H,20,21,23). The minimum atomic E-state index is -0.423. The number of nitrogens with one attached hydrogen (secondary N) is 3. The SMILES string of the molecule is Cc1cc(NC(=O)CC(=O)NCCc2c[nH]c3ccccc23)no1. The van der Waals surface area contributed by atoms with Crippen LogP contribution in [0.15, 0.2) is 41.1 Å². The summed E-state index contributed by atoms with van der Waals surface area (Å²) >= 11 is 0. The van der Waals surface area contributed by atoms with Gasteiger partial charge >= 0.3 is 0 Å². The third-order valence-corrected chi connectivity index (χ3v) is 3.61. The van der Waals surface area contributed by atoms with Crippen LogP contribution < -0.4 is 10.6 Å². The predicted molar refractivity (Wildman–Crippen MR) is 89.5 cm³/mol. The number of rotatable bonds is 6. The first-order valence-corrected chi connectivity index (χ1v) is 7.66. The molecule has 3 rings (SSSR count). The summed E-state index contributed by atoms with van der Waals surface area (Å²) in [5.41, 5.74) is 2.20. The molecular weight excluding hydrogens is 308 g/mol. The lowest BCUT2D eigenvalue weighted by Crippen LogP contribution is -2.29. The number of hydrogen-bond acceptors (Lipinski definition) is 4.